The van der Waals surface area contributed by atoms with Crippen LogP contribution in [0.3, 0.4) is 0 Å². The predicted octanol–water partition coefficient (Wildman–Crippen LogP) is 2.76. The summed E-state index contributed by atoms with van der Waals surface area (Å²) in [5, 5.41) is 9.08. The normalized spacial score (nSPS) is 14.6. The highest BCUT2D eigenvalue weighted by Gasteiger charge is 2.15. The summed E-state index contributed by atoms with van der Waals surface area (Å²) in [6.45, 7) is 3.26. The lowest BCUT2D eigenvalue weighted by atomic mass is 10.3. The van der Waals surface area contributed by atoms with Crippen LogP contribution in [0.5, 0.6) is 5.75 Å². The van der Waals surface area contributed by atoms with Crippen LogP contribution in [-0.4, -0.2) is 51.8 Å². The molecule has 0 unspecified atom stereocenters. The fraction of sp³-hybridized carbons (Fsp3) is 0.316. The third kappa shape index (κ3) is 3.63. The number of benzene rings is 1. The van der Waals surface area contributed by atoms with Gasteiger partial charge in [-0.15, -0.1) is 11.3 Å². The number of carboxylic acids is 1. The third-order valence-corrected chi connectivity index (χ3v) is 5.81. The molecule has 2 aromatic heterocycles. The molecule has 0 atom stereocenters. The standard InChI is InChI=1S/C19H18FN3O4S/c20-13-9-12(3-4-15(13)27-8-7-22-5-1-2-6-22)23-11-21-14-10-16(19(25)26)28-17(14)18(23)24/h3-4,9-11H,1-2,5-8H2,(H,25,26). The Morgan fingerprint density at radius 3 is 2.79 bits per heavy atom. The highest BCUT2D eigenvalue weighted by atomic mass is 32.1. The molecule has 7 nitrogen and oxygen atoms in total. The summed E-state index contributed by atoms with van der Waals surface area (Å²) >= 11 is 0.853. The Kier molecular flexibility index (Phi) is 5.10. The van der Waals surface area contributed by atoms with Gasteiger partial charge in [-0.25, -0.2) is 14.2 Å². The van der Waals surface area contributed by atoms with E-state index in [2.05, 4.69) is 9.88 Å². The lowest BCUT2D eigenvalue weighted by Gasteiger charge is -2.15. The fourth-order valence-electron chi connectivity index (χ4n) is 3.25. The van der Waals surface area contributed by atoms with E-state index in [1.165, 1.54) is 41.9 Å². The van der Waals surface area contributed by atoms with Crippen LogP contribution in [-0.2, 0) is 0 Å². The van der Waals surface area contributed by atoms with Gasteiger partial charge in [0.15, 0.2) is 11.6 Å². The van der Waals surface area contributed by atoms with E-state index in [-0.39, 0.29) is 15.3 Å². The minimum atomic E-state index is -1.12. The highest BCUT2D eigenvalue weighted by molar-refractivity contribution is 7.20. The lowest BCUT2D eigenvalue weighted by molar-refractivity contribution is 0.0702. The van der Waals surface area contributed by atoms with Crippen molar-refractivity contribution in [3.8, 4) is 11.4 Å². The SMILES string of the molecule is O=C(O)c1cc2ncn(-c3ccc(OCCN4CCCC4)c(F)c3)c(=O)c2s1. The van der Waals surface area contributed by atoms with Crippen molar-refractivity contribution in [1.82, 2.24) is 14.5 Å². The second-order valence-electron chi connectivity index (χ2n) is 6.56. The average Bonchev–Trinajstić information content (AvgIpc) is 3.33. The highest BCUT2D eigenvalue weighted by Crippen LogP contribution is 2.23. The van der Waals surface area contributed by atoms with Crippen LogP contribution in [0.15, 0.2) is 35.4 Å². The molecule has 4 rings (SSSR count). The van der Waals surface area contributed by atoms with Gasteiger partial charge in [0.2, 0.25) is 0 Å². The van der Waals surface area contributed by atoms with Gasteiger partial charge in [-0.2, -0.15) is 0 Å². The Bertz CT molecular complexity index is 1090. The number of thiophene rings is 1. The second kappa shape index (κ2) is 7.69. The number of fused-ring (bicyclic) bond motifs is 1. The third-order valence-electron chi connectivity index (χ3n) is 4.71. The number of nitrogens with zero attached hydrogens (tertiary/aromatic N) is 3. The molecule has 0 aliphatic carbocycles. The maximum atomic E-state index is 14.4. The van der Waals surface area contributed by atoms with Crippen LogP contribution in [0.4, 0.5) is 4.39 Å². The van der Waals surface area contributed by atoms with Gasteiger partial charge in [0, 0.05) is 12.6 Å². The molecule has 3 heterocycles. The van der Waals surface area contributed by atoms with Crippen LogP contribution in [0, 0.1) is 5.82 Å². The summed E-state index contributed by atoms with van der Waals surface area (Å²) in [6, 6.07) is 5.63. The van der Waals surface area contributed by atoms with E-state index in [0.717, 1.165) is 31.0 Å². The molecule has 0 spiro atoms. The maximum Gasteiger partial charge on any atom is 0.345 e. The quantitative estimate of drug-likeness (QED) is 0.681. The molecule has 9 heteroatoms. The van der Waals surface area contributed by atoms with Crippen LogP contribution in [0.25, 0.3) is 15.9 Å². The number of aromatic nitrogens is 2. The topological polar surface area (TPSA) is 84.7 Å². The Hall–Kier alpha value is -2.78. The summed E-state index contributed by atoms with van der Waals surface area (Å²) in [4.78, 5) is 30.2. The summed E-state index contributed by atoms with van der Waals surface area (Å²) < 4.78 is 21.4. The molecule has 3 aromatic rings. The first-order valence-electron chi connectivity index (χ1n) is 8.92. The van der Waals surface area contributed by atoms with E-state index in [1.54, 1.807) is 6.07 Å². The van der Waals surface area contributed by atoms with Gasteiger partial charge < -0.3 is 9.84 Å². The smallest absolute Gasteiger partial charge is 0.345 e. The Balaban J connectivity index is 1.55. The van der Waals surface area contributed by atoms with E-state index in [1.807, 2.05) is 0 Å². The van der Waals surface area contributed by atoms with Gasteiger partial charge in [-0.3, -0.25) is 14.3 Å². The molecule has 0 radical (unpaired) electrons. The first kappa shape index (κ1) is 18.6. The molecule has 1 saturated heterocycles. The van der Waals surface area contributed by atoms with E-state index in [4.69, 9.17) is 9.84 Å². The van der Waals surface area contributed by atoms with E-state index in [9.17, 15) is 14.0 Å². The van der Waals surface area contributed by atoms with Gasteiger partial charge in [0.05, 0.1) is 11.2 Å². The summed E-state index contributed by atoms with van der Waals surface area (Å²) in [5.41, 5.74) is 0.171. The Labute approximate surface area is 163 Å². The number of hydrogen-bond acceptors (Lipinski definition) is 6. The maximum absolute atomic E-state index is 14.4. The van der Waals surface area contributed by atoms with Gasteiger partial charge in [0.1, 0.15) is 22.5 Å². The number of ether oxygens (including phenoxy) is 1. The minimum absolute atomic E-state index is 0.0327. The van der Waals surface area contributed by atoms with Crippen molar-refractivity contribution in [2.75, 3.05) is 26.2 Å². The van der Waals surface area contributed by atoms with Crippen LogP contribution in [0.2, 0.25) is 0 Å². The molecule has 28 heavy (non-hydrogen) atoms. The number of rotatable bonds is 6. The first-order chi connectivity index (χ1) is 13.5. The molecule has 1 aromatic carbocycles. The molecule has 1 aliphatic heterocycles. The van der Waals surface area contributed by atoms with Crippen molar-refractivity contribution in [2.24, 2.45) is 0 Å². The first-order valence-corrected chi connectivity index (χ1v) is 9.74. The zero-order valence-corrected chi connectivity index (χ0v) is 15.7. The number of carboxylic acid groups (broad SMARTS) is 1. The molecule has 1 aliphatic rings. The average molecular weight is 403 g/mol. The van der Waals surface area contributed by atoms with Gasteiger partial charge >= 0.3 is 5.97 Å². The number of likely N-dealkylation sites (tertiary alicyclic amines) is 1. The fourth-order valence-corrected chi connectivity index (χ4v) is 4.13. The lowest BCUT2D eigenvalue weighted by Crippen LogP contribution is -2.25. The predicted molar refractivity (Wildman–Crippen MR) is 103 cm³/mol. The van der Waals surface area contributed by atoms with Crippen molar-refractivity contribution in [2.45, 2.75) is 12.8 Å². The molecular weight excluding hydrogens is 385 g/mol. The Morgan fingerprint density at radius 2 is 2.07 bits per heavy atom. The second-order valence-corrected chi connectivity index (χ2v) is 7.61. The monoisotopic (exact) mass is 403 g/mol. The zero-order valence-electron chi connectivity index (χ0n) is 14.9. The summed E-state index contributed by atoms with van der Waals surface area (Å²) in [7, 11) is 0. The zero-order chi connectivity index (χ0) is 19.7. The summed E-state index contributed by atoms with van der Waals surface area (Å²) in [5.74, 6) is -1.55. The number of halogens is 1. The summed E-state index contributed by atoms with van der Waals surface area (Å²) in [6.07, 6.45) is 3.65. The largest absolute Gasteiger partial charge is 0.489 e. The van der Waals surface area contributed by atoms with Crippen LogP contribution < -0.4 is 10.3 Å². The molecule has 0 amide bonds. The molecule has 0 saturated carbocycles. The van der Waals surface area contributed by atoms with Crippen molar-refractivity contribution in [1.29, 1.82) is 0 Å². The number of hydrogen-bond donors (Lipinski definition) is 1. The van der Waals surface area contributed by atoms with Crippen molar-refractivity contribution >= 4 is 27.5 Å². The number of aromatic carboxylic acids is 1. The Morgan fingerprint density at radius 1 is 1.29 bits per heavy atom. The molecular formula is C19H18FN3O4S. The van der Waals surface area contributed by atoms with Crippen molar-refractivity contribution < 1.29 is 19.0 Å². The molecule has 1 N–H and O–H groups in total. The van der Waals surface area contributed by atoms with Crippen LogP contribution >= 0.6 is 11.3 Å². The van der Waals surface area contributed by atoms with Crippen molar-refractivity contribution in [3.63, 3.8) is 0 Å². The minimum Gasteiger partial charge on any atom is -0.489 e. The van der Waals surface area contributed by atoms with E-state index >= 15 is 0 Å². The van der Waals surface area contributed by atoms with E-state index < -0.39 is 17.3 Å². The van der Waals surface area contributed by atoms with Gasteiger partial charge in [-0.05, 0) is 44.1 Å². The van der Waals surface area contributed by atoms with E-state index in [0.29, 0.717) is 17.8 Å². The number of carbonyl (C=O) groups is 1. The molecule has 0 bridgehead atoms. The molecule has 146 valence electrons. The van der Waals surface area contributed by atoms with Gasteiger partial charge in [-0.1, -0.05) is 0 Å². The molecule has 1 fully saturated rings. The van der Waals surface area contributed by atoms with Gasteiger partial charge in [0.25, 0.3) is 5.56 Å². The van der Waals surface area contributed by atoms with Crippen LogP contribution in [0.1, 0.15) is 22.5 Å². The van der Waals surface area contributed by atoms with Crippen molar-refractivity contribution in [3.05, 3.63) is 51.6 Å².